The fourth-order valence-corrected chi connectivity index (χ4v) is 2.87. The Morgan fingerprint density at radius 2 is 2.09 bits per heavy atom. The maximum atomic E-state index is 12.6. The Morgan fingerprint density at radius 1 is 1.27 bits per heavy atom. The molecule has 1 saturated heterocycles. The second-order valence-electron chi connectivity index (χ2n) is 5.74. The molecule has 2 rings (SSSR count). The van der Waals surface area contributed by atoms with Gasteiger partial charge in [0.1, 0.15) is 0 Å². The van der Waals surface area contributed by atoms with Gasteiger partial charge in [-0.2, -0.15) is 13.2 Å². The Labute approximate surface area is 129 Å². The molecule has 3 nitrogen and oxygen atoms in total. The first-order valence-corrected chi connectivity index (χ1v) is 7.72. The van der Waals surface area contributed by atoms with Gasteiger partial charge in [-0.3, -0.25) is 4.90 Å². The zero-order chi connectivity index (χ0) is 16.0. The summed E-state index contributed by atoms with van der Waals surface area (Å²) in [5.74, 6) is 0. The molecule has 0 bridgehead atoms. The number of aliphatic hydroxyl groups excluding tert-OH is 1. The number of hydrogen-bond acceptors (Lipinski definition) is 3. The summed E-state index contributed by atoms with van der Waals surface area (Å²) in [5, 5.41) is 12.5. The molecule has 0 radical (unpaired) electrons. The summed E-state index contributed by atoms with van der Waals surface area (Å²) in [6.07, 6.45) is -0.980. The first-order valence-electron chi connectivity index (χ1n) is 7.72. The number of hydrogen-bond donors (Lipinski definition) is 2. The van der Waals surface area contributed by atoms with Crippen molar-refractivity contribution in [2.24, 2.45) is 0 Å². The average molecular weight is 316 g/mol. The number of halogens is 3. The molecule has 6 heteroatoms. The van der Waals surface area contributed by atoms with Gasteiger partial charge in [0.25, 0.3) is 0 Å². The summed E-state index contributed by atoms with van der Waals surface area (Å²) in [7, 11) is 0. The average Bonchev–Trinajstić information content (AvgIpc) is 2.51. The number of nitrogens with one attached hydrogen (secondary N) is 1. The lowest BCUT2D eigenvalue weighted by atomic mass is 10.0. The van der Waals surface area contributed by atoms with Crippen molar-refractivity contribution in [2.75, 3.05) is 26.2 Å². The number of rotatable bonds is 6. The molecule has 0 aliphatic carbocycles. The highest BCUT2D eigenvalue weighted by Crippen LogP contribution is 2.29. The maximum absolute atomic E-state index is 12.6. The van der Waals surface area contributed by atoms with E-state index in [9.17, 15) is 18.3 Å². The topological polar surface area (TPSA) is 35.5 Å². The highest BCUT2D eigenvalue weighted by atomic mass is 19.4. The Bertz CT molecular complexity index is 465. The largest absolute Gasteiger partial charge is 0.416 e. The zero-order valence-corrected chi connectivity index (χ0v) is 12.6. The minimum atomic E-state index is -4.29. The van der Waals surface area contributed by atoms with E-state index in [-0.39, 0.29) is 12.6 Å². The van der Waals surface area contributed by atoms with E-state index >= 15 is 0 Å². The second kappa shape index (κ2) is 7.94. The van der Waals surface area contributed by atoms with Crippen molar-refractivity contribution >= 4 is 0 Å². The van der Waals surface area contributed by atoms with Crippen LogP contribution in [-0.4, -0.2) is 42.3 Å². The molecule has 1 aromatic carbocycles. The molecule has 0 saturated carbocycles. The number of likely N-dealkylation sites (tertiary alicyclic amines) is 1. The Hall–Kier alpha value is -1.11. The molecular formula is C16H23F3N2O. The minimum absolute atomic E-state index is 0.174. The molecule has 1 heterocycles. The summed E-state index contributed by atoms with van der Waals surface area (Å²) < 4.78 is 37.9. The highest BCUT2D eigenvalue weighted by molar-refractivity contribution is 5.25. The van der Waals surface area contributed by atoms with Crippen LogP contribution in [0.15, 0.2) is 24.3 Å². The van der Waals surface area contributed by atoms with Gasteiger partial charge in [0, 0.05) is 25.7 Å². The molecule has 1 aliphatic heterocycles. The fourth-order valence-electron chi connectivity index (χ4n) is 2.87. The van der Waals surface area contributed by atoms with E-state index in [4.69, 9.17) is 0 Å². The summed E-state index contributed by atoms with van der Waals surface area (Å²) in [6.45, 7) is 3.09. The van der Waals surface area contributed by atoms with Gasteiger partial charge in [0.2, 0.25) is 0 Å². The Kier molecular flexibility index (Phi) is 6.23. The molecule has 1 aliphatic rings. The molecule has 0 aromatic heterocycles. The van der Waals surface area contributed by atoms with Gasteiger partial charge in [-0.05, 0) is 31.0 Å². The van der Waals surface area contributed by atoms with Crippen LogP contribution >= 0.6 is 0 Å². The monoisotopic (exact) mass is 316 g/mol. The van der Waals surface area contributed by atoms with Crippen molar-refractivity contribution in [1.82, 2.24) is 10.2 Å². The molecule has 1 fully saturated rings. The summed E-state index contributed by atoms with van der Waals surface area (Å²) in [4.78, 5) is 2.25. The number of benzene rings is 1. The molecule has 124 valence electrons. The van der Waals surface area contributed by atoms with Crippen molar-refractivity contribution < 1.29 is 18.3 Å². The third-order valence-electron chi connectivity index (χ3n) is 4.12. The van der Waals surface area contributed by atoms with Crippen LogP contribution in [0.1, 0.15) is 30.4 Å². The van der Waals surface area contributed by atoms with Crippen LogP contribution < -0.4 is 5.32 Å². The van der Waals surface area contributed by atoms with Crippen molar-refractivity contribution in [1.29, 1.82) is 0 Å². The molecule has 1 aromatic rings. The Morgan fingerprint density at radius 3 is 2.82 bits per heavy atom. The van der Waals surface area contributed by atoms with Gasteiger partial charge < -0.3 is 10.4 Å². The normalized spacial score (nSPS) is 20.3. The lowest BCUT2D eigenvalue weighted by Crippen LogP contribution is -2.44. The predicted octanol–water partition coefficient (Wildman–Crippen LogP) is 2.64. The third kappa shape index (κ3) is 4.97. The van der Waals surface area contributed by atoms with Gasteiger partial charge >= 0.3 is 6.18 Å². The summed E-state index contributed by atoms with van der Waals surface area (Å²) >= 11 is 0. The van der Waals surface area contributed by atoms with Crippen LogP contribution in [0.5, 0.6) is 0 Å². The molecule has 1 atom stereocenters. The van der Waals surface area contributed by atoms with Gasteiger partial charge in [-0.25, -0.2) is 0 Å². The van der Waals surface area contributed by atoms with E-state index in [1.807, 2.05) is 0 Å². The lowest BCUT2D eigenvalue weighted by molar-refractivity contribution is -0.137. The van der Waals surface area contributed by atoms with Crippen LogP contribution in [-0.2, 0) is 12.7 Å². The van der Waals surface area contributed by atoms with Crippen LogP contribution in [0.3, 0.4) is 0 Å². The Balaban J connectivity index is 1.77. The van der Waals surface area contributed by atoms with E-state index in [0.29, 0.717) is 18.7 Å². The van der Waals surface area contributed by atoms with Crippen LogP contribution in [0.25, 0.3) is 0 Å². The smallest absolute Gasteiger partial charge is 0.395 e. The molecule has 0 amide bonds. The molecule has 1 unspecified atom stereocenters. The van der Waals surface area contributed by atoms with E-state index in [1.165, 1.54) is 12.1 Å². The van der Waals surface area contributed by atoms with Crippen LogP contribution in [0, 0.1) is 0 Å². The van der Waals surface area contributed by atoms with Crippen molar-refractivity contribution in [3.8, 4) is 0 Å². The summed E-state index contributed by atoms with van der Waals surface area (Å²) in [6, 6.07) is 5.63. The fraction of sp³-hybridized carbons (Fsp3) is 0.625. The first-order chi connectivity index (χ1) is 10.5. The van der Waals surface area contributed by atoms with E-state index in [0.717, 1.165) is 38.4 Å². The second-order valence-corrected chi connectivity index (χ2v) is 5.74. The number of piperidine rings is 1. The lowest BCUT2D eigenvalue weighted by Gasteiger charge is -2.34. The number of nitrogens with zero attached hydrogens (tertiary/aromatic N) is 1. The molecule has 2 N–H and O–H groups in total. The SMILES string of the molecule is OCC1CCCCN1CCNCc1cccc(C(F)(F)F)c1. The van der Waals surface area contributed by atoms with Crippen molar-refractivity contribution in [3.05, 3.63) is 35.4 Å². The highest BCUT2D eigenvalue weighted by Gasteiger charge is 2.30. The quantitative estimate of drug-likeness (QED) is 0.792. The van der Waals surface area contributed by atoms with Crippen LogP contribution in [0.2, 0.25) is 0 Å². The molecule has 22 heavy (non-hydrogen) atoms. The molecular weight excluding hydrogens is 293 g/mol. The van der Waals surface area contributed by atoms with E-state index in [1.54, 1.807) is 6.07 Å². The predicted molar refractivity (Wildman–Crippen MR) is 79.4 cm³/mol. The number of aliphatic hydroxyl groups is 1. The molecule has 0 spiro atoms. The number of alkyl halides is 3. The maximum Gasteiger partial charge on any atom is 0.416 e. The van der Waals surface area contributed by atoms with Gasteiger partial charge in [0.05, 0.1) is 12.2 Å². The van der Waals surface area contributed by atoms with E-state index < -0.39 is 11.7 Å². The third-order valence-corrected chi connectivity index (χ3v) is 4.12. The van der Waals surface area contributed by atoms with Gasteiger partial charge in [0.15, 0.2) is 0 Å². The van der Waals surface area contributed by atoms with Gasteiger partial charge in [-0.15, -0.1) is 0 Å². The first kappa shape index (κ1) is 17.2. The standard InChI is InChI=1S/C16H23F3N2O/c17-16(18,19)14-5-3-4-13(10-14)11-20-7-9-21-8-2-1-6-15(21)12-22/h3-5,10,15,20,22H,1-2,6-9,11-12H2. The van der Waals surface area contributed by atoms with Crippen molar-refractivity contribution in [2.45, 2.75) is 38.0 Å². The van der Waals surface area contributed by atoms with E-state index in [2.05, 4.69) is 10.2 Å². The van der Waals surface area contributed by atoms with Crippen molar-refractivity contribution in [3.63, 3.8) is 0 Å². The van der Waals surface area contributed by atoms with Gasteiger partial charge in [-0.1, -0.05) is 24.6 Å². The summed E-state index contributed by atoms with van der Waals surface area (Å²) in [5.41, 5.74) is 0.0235. The zero-order valence-electron chi connectivity index (χ0n) is 12.6. The van der Waals surface area contributed by atoms with Crippen LogP contribution in [0.4, 0.5) is 13.2 Å². The minimum Gasteiger partial charge on any atom is -0.395 e.